The van der Waals surface area contributed by atoms with Gasteiger partial charge < -0.3 is 5.11 Å². The minimum absolute atomic E-state index is 0.199. The van der Waals surface area contributed by atoms with Crippen molar-refractivity contribution in [3.63, 3.8) is 0 Å². The molecule has 4 nitrogen and oxygen atoms in total. The predicted octanol–water partition coefficient (Wildman–Crippen LogP) is 2.00. The van der Waals surface area contributed by atoms with Crippen molar-refractivity contribution in [3.05, 3.63) is 76.7 Å². The third-order valence-corrected chi connectivity index (χ3v) is 3.45. The van der Waals surface area contributed by atoms with Crippen LogP contribution in [0.2, 0.25) is 0 Å². The van der Waals surface area contributed by atoms with Crippen molar-refractivity contribution in [2.24, 2.45) is 0 Å². The zero-order valence-corrected chi connectivity index (χ0v) is 11.5. The van der Waals surface area contributed by atoms with E-state index in [1.54, 1.807) is 12.3 Å². The van der Waals surface area contributed by atoms with Gasteiger partial charge in [0, 0.05) is 18.7 Å². The Hall–Kier alpha value is -2.46. The molecule has 106 valence electrons. The number of nitrogens with zero attached hydrogens (tertiary/aromatic N) is 2. The molecular formula is C17H16N2O2. The summed E-state index contributed by atoms with van der Waals surface area (Å²) in [5, 5.41) is 16.4. The lowest BCUT2D eigenvalue weighted by Crippen LogP contribution is -2.28. The molecule has 1 N–H and O–H groups in total. The number of aliphatic hydroxyl groups excluding tert-OH is 1. The van der Waals surface area contributed by atoms with Gasteiger partial charge in [-0.05, 0) is 22.4 Å². The van der Waals surface area contributed by atoms with E-state index in [-0.39, 0.29) is 12.1 Å². The molecular weight excluding hydrogens is 264 g/mol. The lowest BCUT2D eigenvalue weighted by atomic mass is 10.0. The summed E-state index contributed by atoms with van der Waals surface area (Å²) in [5.41, 5.74) is 0.847. The second kappa shape index (κ2) is 5.89. The van der Waals surface area contributed by atoms with Gasteiger partial charge in [-0.1, -0.05) is 42.5 Å². The topological polar surface area (TPSA) is 55.1 Å². The largest absolute Gasteiger partial charge is 0.391 e. The molecule has 1 atom stereocenters. The third-order valence-electron chi connectivity index (χ3n) is 3.45. The molecule has 0 saturated carbocycles. The normalized spacial score (nSPS) is 12.4. The van der Waals surface area contributed by atoms with Gasteiger partial charge in [-0.2, -0.15) is 5.10 Å². The smallest absolute Gasteiger partial charge is 0.266 e. The molecule has 4 heteroatoms. The fourth-order valence-electron chi connectivity index (χ4n) is 2.43. The van der Waals surface area contributed by atoms with Crippen molar-refractivity contribution in [3.8, 4) is 0 Å². The number of fused-ring (bicyclic) bond motifs is 1. The molecule has 0 bridgehead atoms. The van der Waals surface area contributed by atoms with Gasteiger partial charge in [0.15, 0.2) is 0 Å². The van der Waals surface area contributed by atoms with E-state index in [9.17, 15) is 9.90 Å². The zero-order chi connectivity index (χ0) is 14.7. The van der Waals surface area contributed by atoms with E-state index in [4.69, 9.17) is 0 Å². The van der Waals surface area contributed by atoms with E-state index in [1.807, 2.05) is 24.3 Å². The number of aromatic nitrogens is 2. The number of rotatable bonds is 4. The Balaban J connectivity index is 1.75. The average Bonchev–Trinajstić information content (AvgIpc) is 2.49. The van der Waals surface area contributed by atoms with Crippen LogP contribution in [0.5, 0.6) is 0 Å². The molecule has 0 amide bonds. The molecule has 0 fully saturated rings. The molecule has 1 heterocycles. The number of benzene rings is 2. The van der Waals surface area contributed by atoms with Crippen molar-refractivity contribution < 1.29 is 5.11 Å². The second-order valence-electron chi connectivity index (χ2n) is 5.08. The summed E-state index contributed by atoms with van der Waals surface area (Å²) in [6, 6.07) is 17.3. The summed E-state index contributed by atoms with van der Waals surface area (Å²) in [6.45, 7) is 0.201. The molecule has 2 aromatic carbocycles. The van der Waals surface area contributed by atoms with E-state index in [1.165, 1.54) is 16.1 Å². The van der Waals surface area contributed by atoms with Gasteiger partial charge in [-0.3, -0.25) is 4.79 Å². The summed E-state index contributed by atoms with van der Waals surface area (Å²) >= 11 is 0. The lowest BCUT2D eigenvalue weighted by molar-refractivity contribution is 0.147. The highest BCUT2D eigenvalue weighted by atomic mass is 16.3. The standard InChI is InChI=1S/C17H16N2O2/c20-16(12-19-17(21)6-3-9-18-19)11-13-7-8-14-4-1-2-5-15(14)10-13/h1-10,16,20H,11-12H2/t16-/m1/s1. The minimum Gasteiger partial charge on any atom is -0.391 e. The molecule has 0 aliphatic heterocycles. The van der Waals surface area contributed by atoms with Crippen LogP contribution >= 0.6 is 0 Å². The first-order chi connectivity index (χ1) is 10.2. The van der Waals surface area contributed by atoms with Crippen LogP contribution in [-0.2, 0) is 13.0 Å². The Labute approximate surface area is 122 Å². The number of aliphatic hydroxyl groups is 1. The lowest BCUT2D eigenvalue weighted by Gasteiger charge is -2.12. The number of hydrogen-bond donors (Lipinski definition) is 1. The first-order valence-electron chi connectivity index (χ1n) is 6.90. The highest BCUT2D eigenvalue weighted by Gasteiger charge is 2.08. The summed E-state index contributed by atoms with van der Waals surface area (Å²) < 4.78 is 1.28. The summed E-state index contributed by atoms with van der Waals surface area (Å²) in [4.78, 5) is 11.6. The molecule has 0 aliphatic rings. The van der Waals surface area contributed by atoms with Crippen molar-refractivity contribution in [1.82, 2.24) is 9.78 Å². The SMILES string of the molecule is O=c1cccnn1C[C@H](O)Cc1ccc2ccccc2c1. The monoisotopic (exact) mass is 280 g/mol. The quantitative estimate of drug-likeness (QED) is 0.795. The molecule has 0 spiro atoms. The molecule has 0 radical (unpaired) electrons. The van der Waals surface area contributed by atoms with Gasteiger partial charge in [-0.15, -0.1) is 0 Å². The van der Waals surface area contributed by atoms with Crippen LogP contribution < -0.4 is 5.56 Å². The first kappa shape index (κ1) is 13.5. The Morgan fingerprint density at radius 2 is 1.86 bits per heavy atom. The molecule has 0 saturated heterocycles. The highest BCUT2D eigenvalue weighted by molar-refractivity contribution is 5.82. The van der Waals surface area contributed by atoms with Gasteiger partial charge in [0.2, 0.25) is 0 Å². The summed E-state index contributed by atoms with van der Waals surface area (Å²) in [5.74, 6) is 0. The number of hydrogen-bond acceptors (Lipinski definition) is 3. The molecule has 0 unspecified atom stereocenters. The maximum absolute atomic E-state index is 11.6. The fourth-order valence-corrected chi connectivity index (χ4v) is 2.43. The van der Waals surface area contributed by atoms with Crippen LogP contribution in [0.4, 0.5) is 0 Å². The summed E-state index contributed by atoms with van der Waals surface area (Å²) in [7, 11) is 0. The molecule has 3 aromatic rings. The van der Waals surface area contributed by atoms with Crippen molar-refractivity contribution in [1.29, 1.82) is 0 Å². The Bertz CT molecular complexity index is 811. The minimum atomic E-state index is -0.640. The van der Waals surface area contributed by atoms with Gasteiger partial charge >= 0.3 is 0 Å². The van der Waals surface area contributed by atoms with Crippen LogP contribution in [0.15, 0.2) is 65.6 Å². The molecule has 21 heavy (non-hydrogen) atoms. The molecule has 1 aromatic heterocycles. The van der Waals surface area contributed by atoms with Crippen LogP contribution in [-0.4, -0.2) is 21.0 Å². The van der Waals surface area contributed by atoms with Gasteiger partial charge in [0.1, 0.15) is 0 Å². The van der Waals surface area contributed by atoms with Gasteiger partial charge in [-0.25, -0.2) is 4.68 Å². The van der Waals surface area contributed by atoms with Crippen molar-refractivity contribution in [2.45, 2.75) is 19.1 Å². The van der Waals surface area contributed by atoms with E-state index < -0.39 is 6.10 Å². The zero-order valence-electron chi connectivity index (χ0n) is 11.5. The molecule has 0 aliphatic carbocycles. The molecule has 3 rings (SSSR count). The van der Waals surface area contributed by atoms with Crippen LogP contribution in [0.25, 0.3) is 10.8 Å². The van der Waals surface area contributed by atoms with Gasteiger partial charge in [0.05, 0.1) is 12.6 Å². The van der Waals surface area contributed by atoms with Crippen molar-refractivity contribution in [2.75, 3.05) is 0 Å². The Kier molecular flexibility index (Phi) is 3.79. The Morgan fingerprint density at radius 3 is 2.67 bits per heavy atom. The maximum atomic E-state index is 11.6. The predicted molar refractivity (Wildman–Crippen MR) is 82.2 cm³/mol. The van der Waals surface area contributed by atoms with Crippen molar-refractivity contribution >= 4 is 10.8 Å². The van der Waals surface area contributed by atoms with Crippen LogP contribution in [0.1, 0.15) is 5.56 Å². The third kappa shape index (κ3) is 3.17. The van der Waals surface area contributed by atoms with Gasteiger partial charge in [0.25, 0.3) is 5.56 Å². The van der Waals surface area contributed by atoms with Crippen LogP contribution in [0, 0.1) is 0 Å². The fraction of sp³-hybridized carbons (Fsp3) is 0.176. The van der Waals surface area contributed by atoms with Crippen LogP contribution in [0.3, 0.4) is 0 Å². The van der Waals surface area contributed by atoms with E-state index >= 15 is 0 Å². The average molecular weight is 280 g/mol. The van der Waals surface area contributed by atoms with E-state index in [2.05, 4.69) is 23.3 Å². The van der Waals surface area contributed by atoms with E-state index in [0.29, 0.717) is 6.42 Å². The Morgan fingerprint density at radius 1 is 1.05 bits per heavy atom. The maximum Gasteiger partial charge on any atom is 0.266 e. The summed E-state index contributed by atoms with van der Waals surface area (Å²) in [6.07, 6.45) is 1.40. The second-order valence-corrected chi connectivity index (χ2v) is 5.08. The highest BCUT2D eigenvalue weighted by Crippen LogP contribution is 2.16. The van der Waals surface area contributed by atoms with E-state index in [0.717, 1.165) is 10.9 Å². The first-order valence-corrected chi connectivity index (χ1v) is 6.90.